The zero-order valence-corrected chi connectivity index (χ0v) is 17.7. The molecule has 1 N–H and O–H groups in total. The largest absolute Gasteiger partial charge is 0.497 e. The quantitative estimate of drug-likeness (QED) is 0.447. The second kappa shape index (κ2) is 8.01. The summed E-state index contributed by atoms with van der Waals surface area (Å²) < 4.78 is 7.62. The molecule has 0 fully saturated rings. The van der Waals surface area contributed by atoms with Crippen molar-refractivity contribution in [1.29, 1.82) is 0 Å². The molecule has 3 heterocycles. The Hall–Kier alpha value is -1.88. The molecule has 1 aromatic carbocycles. The minimum atomic E-state index is -0.109. The van der Waals surface area contributed by atoms with Gasteiger partial charge in [-0.25, -0.2) is 4.98 Å². The smallest absolute Gasteiger partial charge is 0.268 e. The van der Waals surface area contributed by atoms with Crippen LogP contribution in [0.5, 0.6) is 5.75 Å². The van der Waals surface area contributed by atoms with E-state index in [2.05, 4.69) is 20.2 Å². The number of methoxy groups -OCH3 is 1. The normalized spacial score (nSPS) is 11.2. The lowest BCUT2D eigenvalue weighted by atomic mass is 10.2. The average Bonchev–Trinajstić information content (AvgIpc) is 3.33. The molecule has 0 atom stereocenters. The third kappa shape index (κ3) is 4.03. The van der Waals surface area contributed by atoms with E-state index in [4.69, 9.17) is 4.74 Å². The highest BCUT2D eigenvalue weighted by Gasteiger charge is 2.12. The Labute approximate surface area is 171 Å². The van der Waals surface area contributed by atoms with E-state index in [1.807, 2.05) is 36.6 Å². The van der Waals surface area contributed by atoms with Crippen LogP contribution in [0.2, 0.25) is 0 Å². The fraction of sp³-hybridized carbons (Fsp3) is 0.176. The van der Waals surface area contributed by atoms with Crippen LogP contribution in [0.4, 0.5) is 0 Å². The van der Waals surface area contributed by atoms with Crippen LogP contribution in [0.15, 0.2) is 43.8 Å². The molecule has 6 nitrogen and oxygen atoms in total. The van der Waals surface area contributed by atoms with Gasteiger partial charge in [0.05, 0.1) is 18.4 Å². The second-order valence-corrected chi connectivity index (χ2v) is 9.70. The first-order chi connectivity index (χ1) is 13.2. The summed E-state index contributed by atoms with van der Waals surface area (Å²) in [6.45, 7) is 0. The summed E-state index contributed by atoms with van der Waals surface area (Å²) in [6.07, 6.45) is 1.97. The van der Waals surface area contributed by atoms with Gasteiger partial charge in [-0.05, 0) is 42.2 Å². The van der Waals surface area contributed by atoms with E-state index in [0.717, 1.165) is 24.9 Å². The van der Waals surface area contributed by atoms with E-state index in [1.54, 1.807) is 30.2 Å². The van der Waals surface area contributed by atoms with Crippen LogP contribution in [0.3, 0.4) is 0 Å². The Kier molecular flexibility index (Phi) is 5.48. The molecule has 0 saturated carbocycles. The van der Waals surface area contributed by atoms with Gasteiger partial charge in [0.2, 0.25) is 0 Å². The van der Waals surface area contributed by atoms with E-state index in [0.29, 0.717) is 21.8 Å². The molecule has 0 amide bonds. The number of nitrogens with zero attached hydrogens (tertiary/aromatic N) is 3. The van der Waals surface area contributed by atoms with E-state index in [1.165, 1.54) is 23.1 Å². The SMILES string of the molecule is COc1ccc(-c2cc3nc(CSc4nnc(SC)s4)[nH]c(=O)c3s2)cc1. The summed E-state index contributed by atoms with van der Waals surface area (Å²) in [5, 5.41) is 8.20. The molecule has 0 radical (unpaired) electrons. The highest BCUT2D eigenvalue weighted by atomic mass is 32.2. The fourth-order valence-corrected chi connectivity index (χ4v) is 5.73. The minimum absolute atomic E-state index is 0.109. The average molecular weight is 435 g/mol. The zero-order chi connectivity index (χ0) is 18.8. The van der Waals surface area contributed by atoms with Crippen molar-refractivity contribution in [1.82, 2.24) is 20.2 Å². The lowest BCUT2D eigenvalue weighted by molar-refractivity contribution is 0.415. The molecule has 0 saturated heterocycles. The Morgan fingerprint density at radius 1 is 1.15 bits per heavy atom. The first-order valence-corrected chi connectivity index (χ1v) is 11.7. The first-order valence-electron chi connectivity index (χ1n) is 7.83. The van der Waals surface area contributed by atoms with Gasteiger partial charge < -0.3 is 9.72 Å². The number of ether oxygens (including phenoxy) is 1. The summed E-state index contributed by atoms with van der Waals surface area (Å²) in [7, 11) is 1.64. The lowest BCUT2D eigenvalue weighted by Gasteiger charge is -2.00. The molecule has 3 aromatic heterocycles. The number of hydrogen-bond acceptors (Lipinski definition) is 9. The van der Waals surface area contributed by atoms with Crippen molar-refractivity contribution >= 4 is 56.4 Å². The van der Waals surface area contributed by atoms with E-state index in [9.17, 15) is 4.79 Å². The summed E-state index contributed by atoms with van der Waals surface area (Å²) in [5.74, 6) is 1.98. The maximum absolute atomic E-state index is 12.5. The molecule has 0 bridgehead atoms. The molecule has 4 rings (SSSR count). The van der Waals surface area contributed by atoms with Gasteiger partial charge in [-0.1, -0.05) is 34.9 Å². The van der Waals surface area contributed by atoms with Crippen molar-refractivity contribution in [3.63, 3.8) is 0 Å². The number of H-pyrrole nitrogens is 1. The molecule has 0 unspecified atom stereocenters. The van der Waals surface area contributed by atoms with Crippen LogP contribution >= 0.6 is 46.2 Å². The highest BCUT2D eigenvalue weighted by Crippen LogP contribution is 2.33. The van der Waals surface area contributed by atoms with Crippen molar-refractivity contribution in [3.8, 4) is 16.2 Å². The highest BCUT2D eigenvalue weighted by molar-refractivity contribution is 8.02. The van der Waals surface area contributed by atoms with Crippen LogP contribution in [0.25, 0.3) is 20.7 Å². The summed E-state index contributed by atoms with van der Waals surface area (Å²) in [5.41, 5.74) is 1.64. The number of rotatable bonds is 6. The van der Waals surface area contributed by atoms with Gasteiger partial charge in [0, 0.05) is 4.88 Å². The van der Waals surface area contributed by atoms with Crippen LogP contribution < -0.4 is 10.3 Å². The molecule has 27 heavy (non-hydrogen) atoms. The predicted molar refractivity (Wildman–Crippen MR) is 113 cm³/mol. The minimum Gasteiger partial charge on any atom is -0.497 e. The number of benzene rings is 1. The van der Waals surface area contributed by atoms with Gasteiger partial charge in [0.1, 0.15) is 16.3 Å². The van der Waals surface area contributed by atoms with Crippen LogP contribution in [0, 0.1) is 0 Å². The van der Waals surface area contributed by atoms with Crippen molar-refractivity contribution in [2.75, 3.05) is 13.4 Å². The standard InChI is InChI=1S/C17H14N4O2S4/c1-23-10-5-3-9(4-6-10)12-7-11-14(26-12)15(22)19-13(18-11)8-25-17-21-20-16(24-2)27-17/h3-7H,8H2,1-2H3,(H,18,19,22). The number of thiophene rings is 1. The molecule has 0 aliphatic carbocycles. The predicted octanol–water partition coefficient (Wildman–Crippen LogP) is 4.53. The third-order valence-electron chi connectivity index (χ3n) is 3.70. The Balaban J connectivity index is 1.59. The number of aromatic amines is 1. The number of aromatic nitrogens is 4. The van der Waals surface area contributed by atoms with Crippen LogP contribution in [-0.4, -0.2) is 33.5 Å². The molecular formula is C17H14N4O2S4. The number of fused-ring (bicyclic) bond motifs is 1. The second-order valence-electron chi connectivity index (χ2n) is 5.39. The van der Waals surface area contributed by atoms with Gasteiger partial charge in [-0.2, -0.15) is 0 Å². The molecule has 0 aliphatic rings. The molecule has 10 heteroatoms. The Morgan fingerprint density at radius 3 is 2.63 bits per heavy atom. The molecular weight excluding hydrogens is 420 g/mol. The lowest BCUT2D eigenvalue weighted by Crippen LogP contribution is -2.09. The van der Waals surface area contributed by atoms with Gasteiger partial charge in [0.25, 0.3) is 5.56 Å². The maximum atomic E-state index is 12.5. The van der Waals surface area contributed by atoms with Crippen LogP contribution in [-0.2, 0) is 5.75 Å². The van der Waals surface area contributed by atoms with Crippen molar-refractivity contribution in [2.45, 2.75) is 14.4 Å². The Bertz CT molecular complexity index is 1130. The van der Waals surface area contributed by atoms with Crippen LogP contribution in [0.1, 0.15) is 5.82 Å². The molecule has 138 valence electrons. The monoisotopic (exact) mass is 434 g/mol. The summed E-state index contributed by atoms with van der Waals surface area (Å²) >= 11 is 6.08. The fourth-order valence-electron chi connectivity index (χ4n) is 2.42. The van der Waals surface area contributed by atoms with E-state index >= 15 is 0 Å². The summed E-state index contributed by atoms with van der Waals surface area (Å²) in [6, 6.07) is 9.73. The molecule has 0 spiro atoms. The van der Waals surface area contributed by atoms with Gasteiger partial charge >= 0.3 is 0 Å². The maximum Gasteiger partial charge on any atom is 0.268 e. The van der Waals surface area contributed by atoms with Crippen molar-refractivity contribution < 1.29 is 4.74 Å². The van der Waals surface area contributed by atoms with Gasteiger partial charge in [-0.3, -0.25) is 4.79 Å². The van der Waals surface area contributed by atoms with E-state index < -0.39 is 0 Å². The van der Waals surface area contributed by atoms with Crippen molar-refractivity contribution in [2.24, 2.45) is 0 Å². The van der Waals surface area contributed by atoms with Gasteiger partial charge in [0.15, 0.2) is 8.68 Å². The third-order valence-corrected chi connectivity index (χ3v) is 7.92. The first kappa shape index (κ1) is 18.5. The van der Waals surface area contributed by atoms with Crippen molar-refractivity contribution in [3.05, 3.63) is 46.5 Å². The summed E-state index contributed by atoms with van der Waals surface area (Å²) in [4.78, 5) is 21.0. The number of thioether (sulfide) groups is 2. The molecule has 0 aliphatic heterocycles. The Morgan fingerprint density at radius 2 is 1.93 bits per heavy atom. The van der Waals surface area contributed by atoms with Gasteiger partial charge in [-0.15, -0.1) is 21.5 Å². The number of nitrogens with one attached hydrogen (secondary N) is 1. The topological polar surface area (TPSA) is 80.8 Å². The number of hydrogen-bond donors (Lipinski definition) is 1. The zero-order valence-electron chi connectivity index (χ0n) is 14.4. The van der Waals surface area contributed by atoms with E-state index in [-0.39, 0.29) is 5.56 Å². The molecule has 4 aromatic rings.